The Morgan fingerprint density at radius 2 is 2.00 bits per heavy atom. The second-order valence-corrected chi connectivity index (χ2v) is 4.53. The van der Waals surface area contributed by atoms with E-state index in [0.717, 1.165) is 12.1 Å². The lowest BCUT2D eigenvalue weighted by Gasteiger charge is -2.05. The molecule has 16 heavy (non-hydrogen) atoms. The van der Waals surface area contributed by atoms with E-state index in [4.69, 9.17) is 4.98 Å². The molecule has 1 aromatic carbocycles. The Labute approximate surface area is 96.2 Å². The predicted molar refractivity (Wildman–Crippen MR) is 66.4 cm³/mol. The summed E-state index contributed by atoms with van der Waals surface area (Å²) in [5.41, 5.74) is 6.38. The first-order chi connectivity index (χ1) is 7.83. The highest BCUT2D eigenvalue weighted by Gasteiger charge is 2.12. The predicted octanol–water partition coefficient (Wildman–Crippen LogP) is 3.55. The fraction of sp³-hybridized carbons (Fsp3) is 0.267. The van der Waals surface area contributed by atoms with Crippen LogP contribution in [0.25, 0.3) is 11.3 Å². The number of hydrogen-bond acceptors (Lipinski definition) is 1. The smallest absolute Gasteiger partial charge is 0.0705 e. The van der Waals surface area contributed by atoms with Gasteiger partial charge in [-0.25, -0.2) is 0 Å². The van der Waals surface area contributed by atoms with Crippen LogP contribution in [0.15, 0.2) is 36.4 Å². The van der Waals surface area contributed by atoms with Gasteiger partial charge in [-0.3, -0.25) is 4.98 Å². The third-order valence-corrected chi connectivity index (χ3v) is 3.24. The van der Waals surface area contributed by atoms with Crippen LogP contribution in [0.1, 0.15) is 23.2 Å². The van der Waals surface area contributed by atoms with Crippen LogP contribution in [0.5, 0.6) is 0 Å². The van der Waals surface area contributed by atoms with Crippen molar-refractivity contribution in [2.75, 3.05) is 0 Å². The van der Waals surface area contributed by atoms with Crippen LogP contribution in [0.3, 0.4) is 0 Å². The Morgan fingerprint density at radius 1 is 1.06 bits per heavy atom. The zero-order valence-corrected chi connectivity index (χ0v) is 9.53. The van der Waals surface area contributed by atoms with Crippen LogP contribution in [0.2, 0.25) is 0 Å². The molecule has 0 bridgehead atoms. The first-order valence-corrected chi connectivity index (χ1v) is 5.89. The van der Waals surface area contributed by atoms with Crippen LogP contribution in [0, 0.1) is 6.92 Å². The summed E-state index contributed by atoms with van der Waals surface area (Å²) in [6, 6.07) is 12.9. The number of rotatable bonds is 1. The molecule has 0 aliphatic heterocycles. The van der Waals surface area contributed by atoms with Gasteiger partial charge in [-0.1, -0.05) is 29.8 Å². The van der Waals surface area contributed by atoms with Crippen molar-refractivity contribution < 1.29 is 0 Å². The molecule has 0 radical (unpaired) electrons. The maximum atomic E-state index is 4.76. The molecule has 1 heterocycles. The lowest BCUT2D eigenvalue weighted by Crippen LogP contribution is -1.91. The molecule has 1 heteroatoms. The van der Waals surface area contributed by atoms with Crippen LogP contribution in [-0.4, -0.2) is 4.98 Å². The Kier molecular flexibility index (Phi) is 2.24. The van der Waals surface area contributed by atoms with Gasteiger partial charge in [-0.2, -0.15) is 0 Å². The van der Waals surface area contributed by atoms with Gasteiger partial charge < -0.3 is 0 Å². The maximum absolute atomic E-state index is 4.76. The van der Waals surface area contributed by atoms with E-state index in [2.05, 4.69) is 43.3 Å². The minimum Gasteiger partial charge on any atom is -0.253 e. The molecule has 0 saturated carbocycles. The fourth-order valence-electron chi connectivity index (χ4n) is 2.39. The van der Waals surface area contributed by atoms with E-state index in [9.17, 15) is 0 Å². The molecule has 0 N–H and O–H groups in total. The highest BCUT2D eigenvalue weighted by molar-refractivity contribution is 5.60. The minimum absolute atomic E-state index is 1.12. The average molecular weight is 209 g/mol. The molecular weight excluding hydrogens is 194 g/mol. The maximum Gasteiger partial charge on any atom is 0.0705 e. The van der Waals surface area contributed by atoms with Crippen molar-refractivity contribution in [1.82, 2.24) is 4.98 Å². The van der Waals surface area contributed by atoms with Gasteiger partial charge in [0.15, 0.2) is 0 Å². The topological polar surface area (TPSA) is 12.9 Å². The summed E-state index contributed by atoms with van der Waals surface area (Å²) in [4.78, 5) is 4.76. The highest BCUT2D eigenvalue weighted by atomic mass is 14.7. The number of pyridine rings is 1. The van der Waals surface area contributed by atoms with Gasteiger partial charge in [0.05, 0.1) is 5.69 Å². The van der Waals surface area contributed by atoms with Gasteiger partial charge in [0, 0.05) is 11.3 Å². The number of nitrogens with zero attached hydrogens (tertiary/aromatic N) is 1. The Hall–Kier alpha value is -1.63. The molecule has 0 amide bonds. The van der Waals surface area contributed by atoms with Crippen LogP contribution < -0.4 is 0 Å². The second kappa shape index (κ2) is 3.75. The summed E-state index contributed by atoms with van der Waals surface area (Å²) >= 11 is 0. The highest BCUT2D eigenvalue weighted by Crippen LogP contribution is 2.25. The van der Waals surface area contributed by atoms with Crippen molar-refractivity contribution in [3.8, 4) is 11.3 Å². The van der Waals surface area contributed by atoms with Gasteiger partial charge >= 0.3 is 0 Å². The molecule has 0 unspecified atom stereocenters. The molecule has 3 rings (SSSR count). The summed E-state index contributed by atoms with van der Waals surface area (Å²) in [5.74, 6) is 0. The van der Waals surface area contributed by atoms with Gasteiger partial charge in [-0.15, -0.1) is 0 Å². The van der Waals surface area contributed by atoms with Gasteiger partial charge in [0.25, 0.3) is 0 Å². The minimum atomic E-state index is 1.12. The largest absolute Gasteiger partial charge is 0.253 e. The van der Waals surface area contributed by atoms with Crippen LogP contribution in [-0.2, 0) is 12.8 Å². The molecule has 2 aromatic rings. The molecule has 0 spiro atoms. The number of aryl methyl sites for hydroxylation is 3. The van der Waals surface area contributed by atoms with E-state index < -0.39 is 0 Å². The number of hydrogen-bond donors (Lipinski definition) is 0. The standard InChI is InChI=1S/C15H15N/c1-11-4-2-6-13(10-11)15-9-8-12-5-3-7-14(12)16-15/h2,4,6,8-10H,3,5,7H2,1H3. The molecule has 1 nitrogen and oxygen atoms in total. The molecule has 0 fully saturated rings. The fourth-order valence-corrected chi connectivity index (χ4v) is 2.39. The third kappa shape index (κ3) is 1.63. The molecule has 1 aliphatic rings. The van der Waals surface area contributed by atoms with Crippen LogP contribution >= 0.6 is 0 Å². The average Bonchev–Trinajstić information content (AvgIpc) is 2.75. The number of benzene rings is 1. The molecule has 1 aromatic heterocycles. The first kappa shape index (κ1) is 9.59. The summed E-state index contributed by atoms with van der Waals surface area (Å²) < 4.78 is 0. The second-order valence-electron chi connectivity index (χ2n) is 4.53. The van der Waals surface area contributed by atoms with Crippen molar-refractivity contribution in [3.05, 3.63) is 53.2 Å². The van der Waals surface area contributed by atoms with Crippen LogP contribution in [0.4, 0.5) is 0 Å². The van der Waals surface area contributed by atoms with Gasteiger partial charge in [-0.05, 0) is 43.9 Å². The van der Waals surface area contributed by atoms with E-state index in [1.807, 2.05) is 0 Å². The molecular formula is C15H15N. The quantitative estimate of drug-likeness (QED) is 0.700. The van der Waals surface area contributed by atoms with E-state index >= 15 is 0 Å². The summed E-state index contributed by atoms with van der Waals surface area (Å²) in [5, 5.41) is 0. The lowest BCUT2D eigenvalue weighted by molar-refractivity contribution is 0.900. The number of fused-ring (bicyclic) bond motifs is 1. The number of aromatic nitrogens is 1. The zero-order valence-electron chi connectivity index (χ0n) is 9.53. The molecule has 0 atom stereocenters. The van der Waals surface area contributed by atoms with E-state index in [-0.39, 0.29) is 0 Å². The van der Waals surface area contributed by atoms with Crippen molar-refractivity contribution in [2.45, 2.75) is 26.2 Å². The van der Waals surface area contributed by atoms with Crippen molar-refractivity contribution >= 4 is 0 Å². The van der Waals surface area contributed by atoms with E-state index in [1.54, 1.807) is 0 Å². The first-order valence-electron chi connectivity index (χ1n) is 5.89. The summed E-state index contributed by atoms with van der Waals surface area (Å²) in [7, 11) is 0. The molecule has 80 valence electrons. The molecule has 0 saturated heterocycles. The normalized spacial score (nSPS) is 13.8. The van der Waals surface area contributed by atoms with E-state index in [0.29, 0.717) is 0 Å². The van der Waals surface area contributed by atoms with Crippen molar-refractivity contribution in [2.24, 2.45) is 0 Å². The van der Waals surface area contributed by atoms with Gasteiger partial charge in [0.2, 0.25) is 0 Å². The lowest BCUT2D eigenvalue weighted by atomic mass is 10.1. The summed E-state index contributed by atoms with van der Waals surface area (Å²) in [6.07, 6.45) is 3.62. The Bertz CT molecular complexity index is 529. The van der Waals surface area contributed by atoms with Crippen molar-refractivity contribution in [1.29, 1.82) is 0 Å². The van der Waals surface area contributed by atoms with E-state index in [1.165, 1.54) is 35.2 Å². The molecule has 1 aliphatic carbocycles. The monoisotopic (exact) mass is 209 g/mol. The van der Waals surface area contributed by atoms with Crippen molar-refractivity contribution in [3.63, 3.8) is 0 Å². The summed E-state index contributed by atoms with van der Waals surface area (Å²) in [6.45, 7) is 2.12. The zero-order chi connectivity index (χ0) is 11.0. The van der Waals surface area contributed by atoms with Gasteiger partial charge in [0.1, 0.15) is 0 Å². The Balaban J connectivity index is 2.07. The Morgan fingerprint density at radius 3 is 2.88 bits per heavy atom. The SMILES string of the molecule is Cc1cccc(-c2ccc3c(n2)CCC3)c1. The third-order valence-electron chi connectivity index (χ3n) is 3.24.